The fraction of sp³-hybridized carbons (Fsp3) is 0.130. The molecule has 33 heavy (non-hydrogen) atoms. The molecule has 0 aliphatic carbocycles. The summed E-state index contributed by atoms with van der Waals surface area (Å²) in [7, 11) is -2.52. The molecule has 3 rings (SSSR count). The Bertz CT molecular complexity index is 1200. The summed E-state index contributed by atoms with van der Waals surface area (Å²) in [4.78, 5) is 25.1. The van der Waals surface area contributed by atoms with E-state index in [0.717, 1.165) is 0 Å². The van der Waals surface area contributed by atoms with Crippen LogP contribution in [0, 0.1) is 0 Å². The molecule has 0 aliphatic heterocycles. The van der Waals surface area contributed by atoms with Gasteiger partial charge in [-0.25, -0.2) is 8.42 Å². The molecule has 0 aromatic heterocycles. The Morgan fingerprint density at radius 3 is 2.15 bits per heavy atom. The summed E-state index contributed by atoms with van der Waals surface area (Å²) < 4.78 is 33.3. The van der Waals surface area contributed by atoms with Crippen LogP contribution in [-0.4, -0.2) is 33.4 Å². The molecular weight excluding hydrogens is 466 g/mol. The Morgan fingerprint density at radius 1 is 0.909 bits per heavy atom. The second kappa shape index (κ2) is 11.0. The lowest BCUT2D eigenvalue weighted by Crippen LogP contribution is -2.53. The van der Waals surface area contributed by atoms with Gasteiger partial charge in [-0.05, 0) is 60.5 Å². The molecule has 3 aromatic rings. The SMILES string of the molecule is COc1ccc(CC(NS(=O)(=O)c2ccc(Cl)cc2)C(=O)NNC(=O)c2ccccc2)cc1. The molecule has 0 spiro atoms. The number of benzene rings is 3. The number of halogens is 1. The number of amides is 2. The summed E-state index contributed by atoms with van der Waals surface area (Å²) in [6.07, 6.45) is 0.0316. The van der Waals surface area contributed by atoms with Crippen LogP contribution in [0.2, 0.25) is 5.02 Å². The standard InChI is InChI=1S/C23H22ClN3O5S/c1-32-19-11-7-16(8-12-19)15-21(27-33(30,31)20-13-9-18(24)10-14-20)23(29)26-25-22(28)17-5-3-2-4-6-17/h2-14,21,27H,15H2,1H3,(H,25,28)(H,26,29). The van der Waals surface area contributed by atoms with E-state index in [9.17, 15) is 18.0 Å². The quantitative estimate of drug-likeness (QED) is 0.423. The summed E-state index contributed by atoms with van der Waals surface area (Å²) in [6.45, 7) is 0. The van der Waals surface area contributed by atoms with Gasteiger partial charge in [0.1, 0.15) is 11.8 Å². The number of rotatable bonds is 8. The van der Waals surface area contributed by atoms with Crippen LogP contribution in [0.25, 0.3) is 0 Å². The number of sulfonamides is 1. The van der Waals surface area contributed by atoms with Crippen LogP contribution >= 0.6 is 11.6 Å². The van der Waals surface area contributed by atoms with E-state index in [4.69, 9.17) is 16.3 Å². The van der Waals surface area contributed by atoms with Gasteiger partial charge in [-0.3, -0.25) is 20.4 Å². The Morgan fingerprint density at radius 2 is 1.55 bits per heavy atom. The average Bonchev–Trinajstić information content (AvgIpc) is 2.83. The second-order valence-electron chi connectivity index (χ2n) is 6.99. The van der Waals surface area contributed by atoms with Crippen LogP contribution < -0.4 is 20.3 Å². The molecule has 0 saturated carbocycles. The first kappa shape index (κ1) is 24.2. The maximum Gasteiger partial charge on any atom is 0.269 e. The predicted octanol–water partition coefficient (Wildman–Crippen LogP) is 2.70. The third kappa shape index (κ3) is 6.79. The zero-order valence-corrected chi connectivity index (χ0v) is 19.2. The summed E-state index contributed by atoms with van der Waals surface area (Å²) in [5, 5.41) is 0.380. The third-order valence-electron chi connectivity index (χ3n) is 4.67. The summed E-state index contributed by atoms with van der Waals surface area (Å²) in [5.74, 6) is -0.642. The average molecular weight is 488 g/mol. The van der Waals surface area contributed by atoms with Crippen molar-refractivity contribution in [3.63, 3.8) is 0 Å². The fourth-order valence-corrected chi connectivity index (χ4v) is 4.24. The van der Waals surface area contributed by atoms with Crippen molar-refractivity contribution in [1.29, 1.82) is 0 Å². The molecular formula is C23H22ClN3O5S. The minimum Gasteiger partial charge on any atom is -0.497 e. The van der Waals surface area contributed by atoms with Crippen molar-refractivity contribution >= 4 is 33.4 Å². The van der Waals surface area contributed by atoms with Crippen molar-refractivity contribution in [1.82, 2.24) is 15.6 Å². The number of ether oxygens (including phenoxy) is 1. The molecule has 3 aromatic carbocycles. The molecule has 0 heterocycles. The topological polar surface area (TPSA) is 114 Å². The van der Waals surface area contributed by atoms with Gasteiger partial charge in [0.15, 0.2) is 0 Å². The predicted molar refractivity (Wildman–Crippen MR) is 124 cm³/mol. The van der Waals surface area contributed by atoms with Gasteiger partial charge in [0.05, 0.1) is 12.0 Å². The van der Waals surface area contributed by atoms with Crippen molar-refractivity contribution in [3.05, 3.63) is 95.0 Å². The molecule has 10 heteroatoms. The van der Waals surface area contributed by atoms with Crippen LogP contribution in [0.1, 0.15) is 15.9 Å². The normalized spacial score (nSPS) is 11.9. The van der Waals surface area contributed by atoms with Gasteiger partial charge in [0.25, 0.3) is 11.8 Å². The Hall–Kier alpha value is -3.40. The van der Waals surface area contributed by atoms with Crippen molar-refractivity contribution in [2.75, 3.05) is 7.11 Å². The Labute approximate surface area is 196 Å². The van der Waals surface area contributed by atoms with Crippen molar-refractivity contribution in [2.24, 2.45) is 0 Å². The van der Waals surface area contributed by atoms with Gasteiger partial charge in [0, 0.05) is 10.6 Å². The van der Waals surface area contributed by atoms with Crippen molar-refractivity contribution in [3.8, 4) is 5.75 Å². The highest BCUT2D eigenvalue weighted by atomic mass is 35.5. The Kier molecular flexibility index (Phi) is 8.05. The van der Waals surface area contributed by atoms with E-state index in [0.29, 0.717) is 21.9 Å². The smallest absolute Gasteiger partial charge is 0.269 e. The number of nitrogens with one attached hydrogen (secondary N) is 3. The van der Waals surface area contributed by atoms with Crippen LogP contribution in [0.3, 0.4) is 0 Å². The zero-order valence-electron chi connectivity index (χ0n) is 17.6. The van der Waals surface area contributed by atoms with E-state index in [1.807, 2.05) is 0 Å². The first-order chi connectivity index (χ1) is 15.8. The van der Waals surface area contributed by atoms with E-state index in [1.54, 1.807) is 54.6 Å². The van der Waals surface area contributed by atoms with E-state index >= 15 is 0 Å². The highest BCUT2D eigenvalue weighted by molar-refractivity contribution is 7.89. The number of methoxy groups -OCH3 is 1. The highest BCUT2D eigenvalue weighted by Gasteiger charge is 2.26. The van der Waals surface area contributed by atoms with E-state index in [-0.39, 0.29) is 11.3 Å². The number of hydrogen-bond donors (Lipinski definition) is 3. The minimum absolute atomic E-state index is 0.0316. The van der Waals surface area contributed by atoms with Gasteiger partial charge in [-0.2, -0.15) is 4.72 Å². The molecule has 1 atom stereocenters. The molecule has 2 amide bonds. The number of carbonyl (C=O) groups is 2. The first-order valence-electron chi connectivity index (χ1n) is 9.84. The van der Waals surface area contributed by atoms with Crippen molar-refractivity contribution in [2.45, 2.75) is 17.4 Å². The molecule has 0 bridgehead atoms. The lowest BCUT2D eigenvalue weighted by atomic mass is 10.1. The van der Waals surface area contributed by atoms with E-state index in [2.05, 4.69) is 15.6 Å². The highest BCUT2D eigenvalue weighted by Crippen LogP contribution is 2.16. The maximum absolute atomic E-state index is 12.9. The maximum atomic E-state index is 12.9. The summed E-state index contributed by atoms with van der Waals surface area (Å²) in [5.41, 5.74) is 5.62. The molecule has 0 saturated heterocycles. The van der Waals surface area contributed by atoms with Crippen LogP contribution in [0.15, 0.2) is 83.8 Å². The monoisotopic (exact) mass is 487 g/mol. The molecule has 172 valence electrons. The largest absolute Gasteiger partial charge is 0.497 e. The van der Waals surface area contributed by atoms with Gasteiger partial charge < -0.3 is 4.74 Å². The van der Waals surface area contributed by atoms with Crippen LogP contribution in [0.5, 0.6) is 5.75 Å². The number of carbonyl (C=O) groups excluding carboxylic acids is 2. The second-order valence-corrected chi connectivity index (χ2v) is 9.14. The van der Waals surface area contributed by atoms with Gasteiger partial charge in [-0.15, -0.1) is 0 Å². The van der Waals surface area contributed by atoms with Crippen LogP contribution in [-0.2, 0) is 21.2 Å². The molecule has 3 N–H and O–H groups in total. The lowest BCUT2D eigenvalue weighted by Gasteiger charge is -2.19. The van der Waals surface area contributed by atoms with Crippen LogP contribution in [0.4, 0.5) is 0 Å². The lowest BCUT2D eigenvalue weighted by molar-refractivity contribution is -0.123. The zero-order chi connectivity index (χ0) is 23.8. The third-order valence-corrected chi connectivity index (χ3v) is 6.41. The first-order valence-corrected chi connectivity index (χ1v) is 11.7. The number of hydrazine groups is 1. The molecule has 0 fully saturated rings. The molecule has 8 nitrogen and oxygen atoms in total. The van der Waals surface area contributed by atoms with E-state index < -0.39 is 27.9 Å². The minimum atomic E-state index is -4.05. The summed E-state index contributed by atoms with van der Waals surface area (Å²) >= 11 is 5.84. The summed E-state index contributed by atoms with van der Waals surface area (Å²) in [6, 6.07) is 19.5. The van der Waals surface area contributed by atoms with E-state index in [1.165, 1.54) is 31.4 Å². The molecule has 0 aliphatic rings. The molecule has 0 radical (unpaired) electrons. The van der Waals surface area contributed by atoms with Gasteiger partial charge in [-0.1, -0.05) is 41.9 Å². The fourth-order valence-electron chi connectivity index (χ4n) is 2.92. The van der Waals surface area contributed by atoms with Crippen molar-refractivity contribution < 1.29 is 22.7 Å². The van der Waals surface area contributed by atoms with Gasteiger partial charge >= 0.3 is 0 Å². The number of hydrogen-bond acceptors (Lipinski definition) is 5. The Balaban J connectivity index is 1.78. The van der Waals surface area contributed by atoms with Gasteiger partial charge in [0.2, 0.25) is 10.0 Å². The molecule has 1 unspecified atom stereocenters.